The third-order valence-corrected chi connectivity index (χ3v) is 17.4. The monoisotopic (exact) mass is 1170 g/mol. The van der Waals surface area contributed by atoms with E-state index < -0.39 is 49.5 Å². The van der Waals surface area contributed by atoms with Crippen LogP contribution in [0.2, 0.25) is 0 Å². The Morgan fingerprint density at radius 1 is 0.410 bits per heavy atom. The second kappa shape index (κ2) is 63.2. The normalized spacial score (nSPS) is 18.5. The van der Waals surface area contributed by atoms with Crippen LogP contribution < -0.4 is 5.32 Å². The van der Waals surface area contributed by atoms with Crippen LogP contribution in [0.1, 0.15) is 361 Å². The van der Waals surface area contributed by atoms with E-state index >= 15 is 0 Å². The Bertz CT molecular complexity index is 1450. The van der Waals surface area contributed by atoms with Gasteiger partial charge in [-0.3, -0.25) is 4.79 Å². The lowest BCUT2D eigenvalue weighted by Gasteiger charge is -2.40. The summed E-state index contributed by atoms with van der Waals surface area (Å²) in [5.41, 5.74) is 0. The summed E-state index contributed by atoms with van der Waals surface area (Å²) in [5.74, 6) is -0.170. The first-order valence-corrected chi connectivity index (χ1v) is 36.4. The van der Waals surface area contributed by atoms with Gasteiger partial charge in [-0.05, 0) is 57.8 Å². The number of aliphatic hydroxyl groups excluding tert-OH is 5. The fourth-order valence-corrected chi connectivity index (χ4v) is 11.7. The SMILES string of the molecule is CCCCCCC/C=C\C/C=C\C/C=C\CCCCCCCCCCCCCCCCCCCCCCCCCCC(=O)NC(COC1OC(CO)C(O)C(O)C1O)C(O)/C=C/CCCCCCCCCCCCCCCCCCCCC. The zero-order valence-corrected chi connectivity index (χ0v) is 54.7. The van der Waals surface area contributed by atoms with Crippen molar-refractivity contribution in [2.24, 2.45) is 0 Å². The van der Waals surface area contributed by atoms with Crippen molar-refractivity contribution in [3.05, 3.63) is 48.6 Å². The van der Waals surface area contributed by atoms with Crippen molar-refractivity contribution < 1.29 is 39.8 Å². The van der Waals surface area contributed by atoms with Crippen LogP contribution in [-0.2, 0) is 14.3 Å². The summed E-state index contributed by atoms with van der Waals surface area (Å²) in [6, 6.07) is -0.805. The van der Waals surface area contributed by atoms with Crippen LogP contribution in [0.15, 0.2) is 48.6 Å². The molecule has 1 rings (SSSR count). The van der Waals surface area contributed by atoms with Crippen molar-refractivity contribution in [2.75, 3.05) is 13.2 Å². The van der Waals surface area contributed by atoms with Gasteiger partial charge in [0.05, 0.1) is 25.4 Å². The van der Waals surface area contributed by atoms with Crippen molar-refractivity contribution >= 4 is 5.91 Å². The van der Waals surface area contributed by atoms with Gasteiger partial charge < -0.3 is 40.3 Å². The molecule has 6 N–H and O–H groups in total. The molecule has 0 aromatic carbocycles. The van der Waals surface area contributed by atoms with E-state index in [4.69, 9.17) is 9.47 Å². The highest BCUT2D eigenvalue weighted by Gasteiger charge is 2.44. The summed E-state index contributed by atoms with van der Waals surface area (Å²) >= 11 is 0. The van der Waals surface area contributed by atoms with Crippen LogP contribution in [0.4, 0.5) is 0 Å². The molecule has 7 unspecified atom stereocenters. The number of hydrogen-bond donors (Lipinski definition) is 6. The maximum absolute atomic E-state index is 13.1. The van der Waals surface area contributed by atoms with Gasteiger partial charge in [-0.2, -0.15) is 0 Å². The van der Waals surface area contributed by atoms with Gasteiger partial charge in [-0.1, -0.05) is 345 Å². The molecule has 9 nitrogen and oxygen atoms in total. The molecule has 1 fully saturated rings. The van der Waals surface area contributed by atoms with Gasteiger partial charge in [0, 0.05) is 6.42 Å². The highest BCUT2D eigenvalue weighted by molar-refractivity contribution is 5.76. The Morgan fingerprint density at radius 3 is 1.05 bits per heavy atom. The van der Waals surface area contributed by atoms with E-state index in [1.807, 2.05) is 6.08 Å². The Balaban J connectivity index is 2.06. The number of aliphatic hydroxyl groups is 5. The molecule has 0 spiro atoms. The summed E-state index contributed by atoms with van der Waals surface area (Å²) < 4.78 is 11.3. The Labute approximate surface area is 514 Å². The number of amides is 1. The Kier molecular flexibility index (Phi) is 60.3. The molecule has 0 aliphatic carbocycles. The second-order valence-electron chi connectivity index (χ2n) is 25.4. The fraction of sp³-hybridized carbons (Fsp3) is 0.878. The second-order valence-corrected chi connectivity index (χ2v) is 25.4. The van der Waals surface area contributed by atoms with Crippen molar-refractivity contribution in [3.8, 4) is 0 Å². The zero-order valence-electron chi connectivity index (χ0n) is 54.7. The Morgan fingerprint density at radius 2 is 0.711 bits per heavy atom. The molecular weight excluding hydrogens is 1030 g/mol. The molecule has 488 valence electrons. The summed E-state index contributed by atoms with van der Waals surface area (Å²) in [7, 11) is 0. The van der Waals surface area contributed by atoms with Crippen LogP contribution in [0.5, 0.6) is 0 Å². The topological polar surface area (TPSA) is 149 Å². The molecule has 1 amide bonds. The quantitative estimate of drug-likeness (QED) is 0.0261. The maximum atomic E-state index is 13.1. The highest BCUT2D eigenvalue weighted by Crippen LogP contribution is 2.23. The lowest BCUT2D eigenvalue weighted by Crippen LogP contribution is -2.60. The number of unbranched alkanes of at least 4 members (excludes halogenated alkanes) is 48. The summed E-state index contributed by atoms with van der Waals surface area (Å²) in [6.07, 6.45) is 79.5. The predicted molar refractivity (Wildman–Crippen MR) is 355 cm³/mol. The number of carbonyl (C=O) groups is 1. The van der Waals surface area contributed by atoms with E-state index in [0.717, 1.165) is 51.4 Å². The molecule has 0 aromatic rings. The minimum absolute atomic E-state index is 0.170. The largest absolute Gasteiger partial charge is 0.394 e. The fourth-order valence-electron chi connectivity index (χ4n) is 11.7. The number of nitrogens with one attached hydrogen (secondary N) is 1. The number of rotatable bonds is 64. The molecular formula is C74H139NO8. The van der Waals surface area contributed by atoms with Crippen LogP contribution in [-0.4, -0.2) is 87.5 Å². The number of ether oxygens (including phenoxy) is 2. The van der Waals surface area contributed by atoms with E-state index in [0.29, 0.717) is 6.42 Å². The molecule has 1 aliphatic heterocycles. The maximum Gasteiger partial charge on any atom is 0.220 e. The number of allylic oxidation sites excluding steroid dienone is 7. The lowest BCUT2D eigenvalue weighted by molar-refractivity contribution is -0.302. The van der Waals surface area contributed by atoms with E-state index in [9.17, 15) is 30.3 Å². The van der Waals surface area contributed by atoms with Crippen LogP contribution >= 0.6 is 0 Å². The molecule has 0 aromatic heterocycles. The average Bonchev–Trinajstić information content (AvgIpc) is 3.60. The van der Waals surface area contributed by atoms with Crippen molar-refractivity contribution in [1.29, 1.82) is 0 Å². The molecule has 83 heavy (non-hydrogen) atoms. The van der Waals surface area contributed by atoms with E-state index in [-0.39, 0.29) is 12.5 Å². The van der Waals surface area contributed by atoms with Crippen molar-refractivity contribution in [2.45, 2.75) is 403 Å². The Hall–Kier alpha value is -1.85. The molecule has 1 heterocycles. The van der Waals surface area contributed by atoms with Gasteiger partial charge in [-0.15, -0.1) is 0 Å². The van der Waals surface area contributed by atoms with E-state index in [1.165, 1.54) is 289 Å². The first kappa shape index (κ1) is 79.2. The molecule has 1 aliphatic rings. The van der Waals surface area contributed by atoms with Crippen molar-refractivity contribution in [3.63, 3.8) is 0 Å². The smallest absolute Gasteiger partial charge is 0.220 e. The minimum atomic E-state index is -1.57. The molecule has 7 atom stereocenters. The van der Waals surface area contributed by atoms with Gasteiger partial charge in [0.25, 0.3) is 0 Å². The molecule has 0 radical (unpaired) electrons. The van der Waals surface area contributed by atoms with Gasteiger partial charge >= 0.3 is 0 Å². The summed E-state index contributed by atoms with van der Waals surface area (Å²) in [4.78, 5) is 13.1. The predicted octanol–water partition coefficient (Wildman–Crippen LogP) is 20.0. The number of hydrogen-bond acceptors (Lipinski definition) is 8. The van der Waals surface area contributed by atoms with Gasteiger partial charge in [-0.25, -0.2) is 0 Å². The van der Waals surface area contributed by atoms with E-state index in [2.05, 4.69) is 55.6 Å². The van der Waals surface area contributed by atoms with Crippen LogP contribution in [0.3, 0.4) is 0 Å². The van der Waals surface area contributed by atoms with Crippen molar-refractivity contribution in [1.82, 2.24) is 5.32 Å². The molecule has 0 saturated carbocycles. The first-order valence-electron chi connectivity index (χ1n) is 36.4. The highest BCUT2D eigenvalue weighted by atomic mass is 16.7. The van der Waals surface area contributed by atoms with E-state index in [1.54, 1.807) is 6.08 Å². The summed E-state index contributed by atoms with van der Waals surface area (Å²) in [5, 5.41) is 54.8. The molecule has 9 heteroatoms. The minimum Gasteiger partial charge on any atom is -0.394 e. The molecule has 1 saturated heterocycles. The average molecular weight is 1170 g/mol. The third kappa shape index (κ3) is 51.9. The first-order chi connectivity index (χ1) is 40.8. The zero-order chi connectivity index (χ0) is 60.0. The van der Waals surface area contributed by atoms with Crippen LogP contribution in [0.25, 0.3) is 0 Å². The van der Waals surface area contributed by atoms with Gasteiger partial charge in [0.15, 0.2) is 6.29 Å². The standard InChI is InChI=1S/C74H139NO8/c1-3-5-7-9-11-13-15-17-19-21-23-25-26-27-28-29-30-31-32-33-34-35-36-37-38-39-40-41-42-44-46-48-50-52-54-56-58-60-62-64-70(78)75-67(66-82-74-73(81)72(80)71(79)69(65-76)83-74)68(77)63-61-59-57-55-53-51-49-47-45-43-24-22-20-18-16-14-12-10-8-6-4-2/h15,17,21,23,26-27,61,63,67-69,71-74,76-77,79-81H,3-14,16,18-20,22,24-25,28-60,62,64-66H2,1-2H3,(H,75,78)/b17-15-,23-21-,27-26-,63-61+. The lowest BCUT2D eigenvalue weighted by atomic mass is 9.99. The molecule has 0 bridgehead atoms. The third-order valence-electron chi connectivity index (χ3n) is 17.4. The van der Waals surface area contributed by atoms with Gasteiger partial charge in [0.2, 0.25) is 5.91 Å². The van der Waals surface area contributed by atoms with Crippen LogP contribution in [0, 0.1) is 0 Å². The summed E-state index contributed by atoms with van der Waals surface area (Å²) in [6.45, 7) is 3.81. The number of carbonyl (C=O) groups excluding carboxylic acids is 1. The van der Waals surface area contributed by atoms with Gasteiger partial charge in [0.1, 0.15) is 24.4 Å².